The van der Waals surface area contributed by atoms with E-state index in [0.29, 0.717) is 5.75 Å². The molecule has 0 atom stereocenters. The number of halogens is 1. The Balaban J connectivity index is 0.00000169. The van der Waals surface area contributed by atoms with E-state index in [-0.39, 0.29) is 12.4 Å². The van der Waals surface area contributed by atoms with Crippen molar-refractivity contribution in [1.29, 1.82) is 0 Å². The van der Waals surface area contributed by atoms with Gasteiger partial charge in [0.05, 0.1) is 11.0 Å². The van der Waals surface area contributed by atoms with E-state index < -0.39 is 7.32 Å². The van der Waals surface area contributed by atoms with Gasteiger partial charge in [0.2, 0.25) is 0 Å². The van der Waals surface area contributed by atoms with Gasteiger partial charge in [-0.15, -0.1) is 12.4 Å². The summed E-state index contributed by atoms with van der Waals surface area (Å²) >= 11 is 0. The van der Waals surface area contributed by atoms with Gasteiger partial charge in [-0.1, -0.05) is 42.5 Å². The van der Waals surface area contributed by atoms with Crippen LogP contribution in [0.15, 0.2) is 72.8 Å². The Morgan fingerprint density at radius 1 is 0.750 bits per heavy atom. The van der Waals surface area contributed by atoms with Gasteiger partial charge in [0.15, 0.2) is 0 Å². The molecule has 3 aromatic carbocycles. The van der Waals surface area contributed by atoms with Gasteiger partial charge in [0.1, 0.15) is 5.75 Å². The van der Waals surface area contributed by atoms with E-state index in [2.05, 4.69) is 28.8 Å². The van der Waals surface area contributed by atoms with Crippen LogP contribution in [0.4, 0.5) is 0 Å². The maximum atomic E-state index is 9.00. The molecule has 0 aliphatic carbocycles. The van der Waals surface area contributed by atoms with E-state index in [1.165, 1.54) is 10.8 Å². The van der Waals surface area contributed by atoms with E-state index in [1.54, 1.807) is 12.1 Å². The largest absolute Gasteiger partial charge is 0.707 e. The lowest BCUT2D eigenvalue weighted by atomic mass is 10.2. The molecule has 0 spiro atoms. The highest BCUT2D eigenvalue weighted by Crippen LogP contribution is 2.32. The fourth-order valence-corrected chi connectivity index (χ4v) is 3.02. The van der Waals surface area contributed by atoms with Gasteiger partial charge in [0.25, 0.3) is 0 Å². The van der Waals surface area contributed by atoms with Crippen molar-refractivity contribution < 1.29 is 14.7 Å². The van der Waals surface area contributed by atoms with Crippen LogP contribution in [0, 0.1) is 0 Å². The maximum absolute atomic E-state index is 9.00. The first-order valence-corrected chi connectivity index (χ1v) is 7.35. The van der Waals surface area contributed by atoms with Crippen molar-refractivity contribution >= 4 is 41.5 Å². The van der Waals surface area contributed by atoms with Crippen LogP contribution in [0.3, 0.4) is 0 Å². The Hall–Kier alpha value is -2.47. The first-order chi connectivity index (χ1) is 11.2. The van der Waals surface area contributed by atoms with Gasteiger partial charge >= 0.3 is 7.32 Å². The van der Waals surface area contributed by atoms with Crippen molar-refractivity contribution in [3.63, 3.8) is 0 Å². The number of aromatic nitrogens is 1. The number of hydrogen-bond donors (Lipinski definition) is 2. The molecular formula is C18H15BClNO3. The lowest BCUT2D eigenvalue weighted by Gasteiger charge is -2.10. The summed E-state index contributed by atoms with van der Waals surface area (Å²) in [5.41, 5.74) is 3.09. The minimum absolute atomic E-state index is 0. The van der Waals surface area contributed by atoms with Crippen molar-refractivity contribution in [2.24, 2.45) is 0 Å². The van der Waals surface area contributed by atoms with Crippen molar-refractivity contribution in [3.05, 3.63) is 72.8 Å². The van der Waals surface area contributed by atoms with Crippen LogP contribution >= 0.6 is 12.4 Å². The highest BCUT2D eigenvalue weighted by molar-refractivity contribution is 6.33. The SMILES string of the molecule is Cl.OB(O)Oc1cccc(-n2c3ccccc3c3ccccc32)c1. The molecule has 2 N–H and O–H groups in total. The Labute approximate surface area is 145 Å². The van der Waals surface area contributed by atoms with Gasteiger partial charge < -0.3 is 19.3 Å². The molecular weight excluding hydrogens is 324 g/mol. The van der Waals surface area contributed by atoms with Crippen molar-refractivity contribution in [1.82, 2.24) is 4.57 Å². The normalized spacial score (nSPS) is 10.6. The Morgan fingerprint density at radius 3 is 1.92 bits per heavy atom. The first kappa shape index (κ1) is 16.4. The molecule has 0 radical (unpaired) electrons. The predicted molar refractivity (Wildman–Crippen MR) is 98.8 cm³/mol. The molecule has 0 aliphatic rings. The average Bonchev–Trinajstić information content (AvgIpc) is 2.89. The third-order valence-electron chi connectivity index (χ3n) is 3.90. The van der Waals surface area contributed by atoms with Crippen molar-refractivity contribution in [2.75, 3.05) is 0 Å². The number of hydrogen-bond acceptors (Lipinski definition) is 3. The fraction of sp³-hybridized carbons (Fsp3) is 0. The molecule has 0 unspecified atom stereocenters. The monoisotopic (exact) mass is 339 g/mol. The van der Waals surface area contributed by atoms with E-state index in [1.807, 2.05) is 36.4 Å². The summed E-state index contributed by atoms with van der Waals surface area (Å²) in [6.45, 7) is 0. The minimum Gasteiger partial charge on any atom is -0.512 e. The molecule has 6 heteroatoms. The molecule has 120 valence electrons. The third kappa shape index (κ3) is 2.74. The van der Waals surface area contributed by atoms with E-state index in [9.17, 15) is 0 Å². The van der Waals surface area contributed by atoms with Gasteiger partial charge in [0, 0.05) is 22.5 Å². The number of para-hydroxylation sites is 2. The smallest absolute Gasteiger partial charge is 0.512 e. The highest BCUT2D eigenvalue weighted by atomic mass is 35.5. The summed E-state index contributed by atoms with van der Waals surface area (Å²) in [4.78, 5) is 0. The summed E-state index contributed by atoms with van der Waals surface area (Å²) in [6.07, 6.45) is 0. The molecule has 0 aliphatic heterocycles. The van der Waals surface area contributed by atoms with Crippen LogP contribution in [0.1, 0.15) is 0 Å². The maximum Gasteiger partial charge on any atom is 0.707 e. The average molecular weight is 340 g/mol. The zero-order valence-electron chi connectivity index (χ0n) is 12.7. The second-order valence-electron chi connectivity index (χ2n) is 5.31. The second kappa shape index (κ2) is 6.57. The van der Waals surface area contributed by atoms with Crippen LogP contribution < -0.4 is 4.65 Å². The zero-order valence-corrected chi connectivity index (χ0v) is 13.5. The van der Waals surface area contributed by atoms with E-state index in [4.69, 9.17) is 14.7 Å². The summed E-state index contributed by atoms with van der Waals surface area (Å²) in [5.74, 6) is 0.402. The van der Waals surface area contributed by atoms with Crippen LogP contribution in [-0.4, -0.2) is 21.9 Å². The first-order valence-electron chi connectivity index (χ1n) is 7.35. The molecule has 0 bridgehead atoms. The van der Waals surface area contributed by atoms with Crippen LogP contribution in [-0.2, 0) is 0 Å². The quantitative estimate of drug-likeness (QED) is 0.561. The summed E-state index contributed by atoms with van der Waals surface area (Å²) in [5, 5.41) is 20.3. The van der Waals surface area contributed by atoms with Crippen LogP contribution in [0.25, 0.3) is 27.5 Å². The molecule has 1 heterocycles. The number of nitrogens with zero attached hydrogens (tertiary/aromatic N) is 1. The van der Waals surface area contributed by atoms with E-state index >= 15 is 0 Å². The van der Waals surface area contributed by atoms with Gasteiger partial charge in [-0.2, -0.15) is 0 Å². The fourth-order valence-electron chi connectivity index (χ4n) is 3.02. The van der Waals surface area contributed by atoms with E-state index in [0.717, 1.165) is 16.7 Å². The lowest BCUT2D eigenvalue weighted by Crippen LogP contribution is -2.20. The van der Waals surface area contributed by atoms with Crippen LogP contribution in [0.2, 0.25) is 0 Å². The van der Waals surface area contributed by atoms with Crippen molar-refractivity contribution in [3.8, 4) is 11.4 Å². The predicted octanol–water partition coefficient (Wildman–Crippen LogP) is 3.55. The van der Waals surface area contributed by atoms with Gasteiger partial charge in [-0.3, -0.25) is 0 Å². The Morgan fingerprint density at radius 2 is 1.33 bits per heavy atom. The lowest BCUT2D eigenvalue weighted by molar-refractivity contribution is 0.288. The van der Waals surface area contributed by atoms with Gasteiger partial charge in [-0.25, -0.2) is 0 Å². The molecule has 4 aromatic rings. The zero-order chi connectivity index (χ0) is 15.8. The molecule has 0 fully saturated rings. The molecule has 0 saturated heterocycles. The molecule has 4 nitrogen and oxygen atoms in total. The topological polar surface area (TPSA) is 54.6 Å². The number of rotatable bonds is 3. The molecule has 0 amide bonds. The third-order valence-corrected chi connectivity index (χ3v) is 3.90. The summed E-state index contributed by atoms with van der Waals surface area (Å²) in [7, 11) is -1.83. The number of benzene rings is 3. The number of fused-ring (bicyclic) bond motifs is 3. The second-order valence-corrected chi connectivity index (χ2v) is 5.31. The highest BCUT2D eigenvalue weighted by Gasteiger charge is 2.14. The Bertz CT molecular complexity index is 947. The Kier molecular flexibility index (Phi) is 4.49. The van der Waals surface area contributed by atoms with Crippen molar-refractivity contribution in [2.45, 2.75) is 0 Å². The van der Waals surface area contributed by atoms with Gasteiger partial charge in [-0.05, 0) is 24.3 Å². The molecule has 4 rings (SSSR count). The molecule has 0 saturated carbocycles. The summed E-state index contributed by atoms with van der Waals surface area (Å²) < 4.78 is 7.11. The molecule has 1 aromatic heterocycles. The van der Waals surface area contributed by atoms with Crippen LogP contribution in [0.5, 0.6) is 5.75 Å². The molecule has 24 heavy (non-hydrogen) atoms. The summed E-state index contributed by atoms with van der Waals surface area (Å²) in [6, 6.07) is 23.7. The minimum atomic E-state index is -1.83. The standard InChI is InChI=1S/C18H14BNO3.ClH/c21-19(22)23-14-7-5-6-13(12-14)20-17-10-3-1-8-15(17)16-9-2-4-11-18(16)20;/h1-12,21-22H;1H.